The molecule has 5 aromatic rings. The number of aryl methyl sites for hydroxylation is 2. The van der Waals surface area contributed by atoms with Gasteiger partial charge in [-0.25, -0.2) is 15.0 Å². The number of carbonyl (C=O) groups excluding carboxylic acids is 2. The summed E-state index contributed by atoms with van der Waals surface area (Å²) in [5, 5.41) is 38.0. The van der Waals surface area contributed by atoms with Crippen LogP contribution >= 0.6 is 22.7 Å². The van der Waals surface area contributed by atoms with E-state index in [9.17, 15) is 20.0 Å². The Morgan fingerprint density at radius 2 is 1.96 bits per heavy atom. The number of nitrogens with one attached hydrogen (secondary N) is 2. The number of hydrogen-bond donors (Lipinski definition) is 4. The van der Waals surface area contributed by atoms with E-state index in [1.807, 2.05) is 57.5 Å². The first-order valence-corrected chi connectivity index (χ1v) is 25.8. The molecule has 4 atom stereocenters. The number of aliphatic hydroxyl groups excluding tert-OH is 1. The van der Waals surface area contributed by atoms with Crippen molar-refractivity contribution in [2.24, 2.45) is 5.92 Å². The van der Waals surface area contributed by atoms with Crippen molar-refractivity contribution in [3.63, 3.8) is 0 Å². The molecule has 3 aliphatic rings. The number of thiophene rings is 1. The number of aromatic nitrogens is 4. The molecule has 4 aromatic heterocycles. The number of ether oxygens (including phenoxy) is 1. The van der Waals surface area contributed by atoms with Gasteiger partial charge in [0, 0.05) is 66.6 Å². The molecule has 18 heteroatoms. The fraction of sp³-hybridized carbons (Fsp3) is 0.490. The van der Waals surface area contributed by atoms with Crippen molar-refractivity contribution in [1.29, 1.82) is 10.7 Å². The SMILES string of the molecule is Cc1ncsc1-c1ccc(CNC(=O)[C@@H]2CCCN2C(=O)C(c2cc(OCCCCN3CCCN(c4nccc(/C(O)=C/C(=N)[C@@]5(C)CCCc6sc(N)c(C#N)c65)n4)[C@@H](C)C3)no2)C(C)C)cc1. The maximum Gasteiger partial charge on any atom is 0.254 e. The molecular formula is C51H63N11O5S2. The van der Waals surface area contributed by atoms with Crippen LogP contribution in [0.4, 0.5) is 10.9 Å². The first-order chi connectivity index (χ1) is 33.2. The van der Waals surface area contributed by atoms with Gasteiger partial charge < -0.3 is 45.5 Å². The van der Waals surface area contributed by atoms with E-state index >= 15 is 0 Å². The zero-order chi connectivity index (χ0) is 48.8. The Bertz CT molecular complexity index is 2700. The van der Waals surface area contributed by atoms with Crippen LogP contribution < -0.4 is 20.7 Å². The summed E-state index contributed by atoms with van der Waals surface area (Å²) >= 11 is 3.03. The molecule has 364 valence electrons. The third-order valence-electron chi connectivity index (χ3n) is 13.8. The lowest BCUT2D eigenvalue weighted by molar-refractivity contribution is -0.140. The summed E-state index contributed by atoms with van der Waals surface area (Å²) in [6.07, 6.45) is 9.45. The maximum absolute atomic E-state index is 14.1. The topological polar surface area (TPSA) is 224 Å². The van der Waals surface area contributed by atoms with E-state index in [1.165, 1.54) is 17.4 Å². The molecule has 1 aliphatic carbocycles. The highest BCUT2D eigenvalue weighted by atomic mass is 32.1. The van der Waals surface area contributed by atoms with Gasteiger partial charge in [0.05, 0.1) is 28.3 Å². The largest absolute Gasteiger partial charge is 0.506 e. The van der Waals surface area contributed by atoms with Gasteiger partial charge in [0.2, 0.25) is 17.8 Å². The number of unbranched alkanes of at least 4 members (excludes halogenated alkanes) is 1. The Labute approximate surface area is 412 Å². The number of amides is 2. The van der Waals surface area contributed by atoms with Gasteiger partial charge in [-0.15, -0.1) is 22.7 Å². The summed E-state index contributed by atoms with van der Waals surface area (Å²) in [6.45, 7) is 14.8. The van der Waals surface area contributed by atoms with Crippen LogP contribution in [-0.4, -0.2) is 104 Å². The van der Waals surface area contributed by atoms with E-state index in [0.29, 0.717) is 66.4 Å². The summed E-state index contributed by atoms with van der Waals surface area (Å²) in [4.78, 5) is 49.8. The number of anilines is 2. The second-order valence-corrected chi connectivity index (χ2v) is 21.0. The zero-order valence-electron chi connectivity index (χ0n) is 40.2. The van der Waals surface area contributed by atoms with E-state index < -0.39 is 17.4 Å². The number of nitrogen functional groups attached to an aromatic ring is 1. The molecule has 2 saturated heterocycles. The van der Waals surface area contributed by atoms with Crippen LogP contribution in [0.2, 0.25) is 0 Å². The third kappa shape index (κ3) is 10.9. The molecule has 8 rings (SSSR count). The smallest absolute Gasteiger partial charge is 0.254 e. The summed E-state index contributed by atoms with van der Waals surface area (Å²) in [5.74, 6) is 0.184. The molecule has 6 heterocycles. The standard InChI is InChI=1S/C51H63N11O5S2/c1-31(2)44(49(65)62-22-9-11-38(62)48(64)56-28-34-13-15-35(16-14-34)46-33(4)57-30-68-46)40-26-43(59-67-40)66-24-7-6-20-60-21-10-23-61(32(3)29-60)50-55-19-17-37(58-50)39(63)25-42(53)51(5)18-8-12-41-45(51)36(27-52)47(54)69-41/h13-17,19,25-26,30-32,38,44,53,63H,6-12,18,20-24,28-29,54H2,1-5H3,(H,56,64)/b39-25-,53-42?/t32-,38-,44?,51+/m0/s1. The molecule has 69 heavy (non-hydrogen) atoms. The minimum absolute atomic E-state index is 0.0952. The van der Waals surface area contributed by atoms with E-state index in [0.717, 1.165) is 96.8 Å². The van der Waals surface area contributed by atoms with Crippen LogP contribution in [0.3, 0.4) is 0 Å². The number of nitrogens with zero attached hydrogens (tertiary/aromatic N) is 8. The average molecular weight is 974 g/mol. The van der Waals surface area contributed by atoms with E-state index in [1.54, 1.807) is 34.6 Å². The van der Waals surface area contributed by atoms with Gasteiger partial charge in [-0.2, -0.15) is 5.26 Å². The highest BCUT2D eigenvalue weighted by molar-refractivity contribution is 7.16. The molecule has 0 saturated carbocycles. The van der Waals surface area contributed by atoms with Gasteiger partial charge in [-0.05, 0) is 119 Å². The molecule has 2 amide bonds. The Balaban J connectivity index is 0.793. The van der Waals surface area contributed by atoms with Crippen molar-refractivity contribution >= 4 is 56.9 Å². The summed E-state index contributed by atoms with van der Waals surface area (Å²) in [5.41, 5.74) is 12.2. The van der Waals surface area contributed by atoms with Crippen LogP contribution in [0.25, 0.3) is 16.2 Å². The number of nitriles is 1. The highest BCUT2D eigenvalue weighted by Crippen LogP contribution is 2.46. The first kappa shape index (κ1) is 49.3. The quantitative estimate of drug-likeness (QED) is 0.0391. The fourth-order valence-corrected chi connectivity index (χ4v) is 12.1. The van der Waals surface area contributed by atoms with Crippen molar-refractivity contribution in [2.45, 2.75) is 116 Å². The normalized spacial score (nSPS) is 20.3. The highest BCUT2D eigenvalue weighted by Gasteiger charge is 2.42. The Hall–Kier alpha value is -6.16. The fourth-order valence-electron chi connectivity index (χ4n) is 10.1. The van der Waals surface area contributed by atoms with Gasteiger partial charge in [-0.1, -0.05) is 38.1 Å². The number of fused-ring (bicyclic) bond motifs is 1. The molecule has 0 bridgehead atoms. The lowest BCUT2D eigenvalue weighted by atomic mass is 9.69. The number of rotatable bonds is 17. The average Bonchev–Trinajstić information content (AvgIpc) is 4.15. The predicted octanol–water partition coefficient (Wildman–Crippen LogP) is 8.43. The van der Waals surface area contributed by atoms with Gasteiger partial charge in [0.1, 0.15) is 34.5 Å². The van der Waals surface area contributed by atoms with Gasteiger partial charge in [0.25, 0.3) is 5.88 Å². The lowest BCUT2D eigenvalue weighted by Crippen LogP contribution is -2.47. The Kier molecular flexibility index (Phi) is 15.5. The molecule has 16 nitrogen and oxygen atoms in total. The molecule has 2 fully saturated rings. The first-order valence-electron chi connectivity index (χ1n) is 24.1. The number of thiazole rings is 1. The monoisotopic (exact) mass is 973 g/mol. The summed E-state index contributed by atoms with van der Waals surface area (Å²) in [6, 6.07) is 13.3. The molecule has 2 aliphatic heterocycles. The molecular weight excluding hydrogens is 911 g/mol. The second kappa shape index (κ2) is 21.6. The number of allylic oxidation sites excluding steroid dienone is 1. The molecule has 1 aromatic carbocycles. The van der Waals surface area contributed by atoms with Crippen molar-refractivity contribution in [2.75, 3.05) is 50.0 Å². The zero-order valence-corrected chi connectivity index (χ0v) is 41.8. The van der Waals surface area contributed by atoms with E-state index in [4.69, 9.17) is 25.4 Å². The van der Waals surface area contributed by atoms with Crippen LogP contribution in [-0.2, 0) is 28.0 Å². The number of benzene rings is 1. The molecule has 0 spiro atoms. The van der Waals surface area contributed by atoms with Gasteiger partial charge in [0.15, 0.2) is 5.76 Å². The van der Waals surface area contributed by atoms with Crippen molar-refractivity contribution in [3.8, 4) is 22.4 Å². The van der Waals surface area contributed by atoms with Crippen LogP contribution in [0.1, 0.15) is 117 Å². The lowest BCUT2D eigenvalue weighted by Gasteiger charge is -2.34. The minimum Gasteiger partial charge on any atom is -0.506 e. The Morgan fingerprint density at radius 3 is 2.71 bits per heavy atom. The van der Waals surface area contributed by atoms with Crippen molar-refractivity contribution in [1.82, 2.24) is 35.2 Å². The number of hydrogen-bond acceptors (Lipinski definition) is 16. The maximum atomic E-state index is 14.1. The predicted molar refractivity (Wildman–Crippen MR) is 270 cm³/mol. The molecule has 0 radical (unpaired) electrons. The second-order valence-electron chi connectivity index (χ2n) is 19.0. The van der Waals surface area contributed by atoms with Crippen molar-refractivity contribution in [3.05, 3.63) is 92.9 Å². The van der Waals surface area contributed by atoms with E-state index in [-0.39, 0.29) is 35.2 Å². The van der Waals surface area contributed by atoms with Gasteiger partial charge >= 0.3 is 0 Å². The van der Waals surface area contributed by atoms with Crippen LogP contribution in [0, 0.1) is 29.6 Å². The van der Waals surface area contributed by atoms with Crippen LogP contribution in [0.5, 0.6) is 5.88 Å². The van der Waals surface area contributed by atoms with Gasteiger partial charge in [-0.3, -0.25) is 9.59 Å². The molecule has 5 N–H and O–H groups in total. The summed E-state index contributed by atoms with van der Waals surface area (Å²) < 4.78 is 11.8. The van der Waals surface area contributed by atoms with E-state index in [2.05, 4.69) is 43.2 Å². The molecule has 1 unspecified atom stereocenters. The summed E-state index contributed by atoms with van der Waals surface area (Å²) in [7, 11) is 0. The van der Waals surface area contributed by atoms with Crippen molar-refractivity contribution < 1.29 is 24.0 Å². The minimum atomic E-state index is -0.747. The number of nitrogens with two attached hydrogens (primary N) is 1. The number of aliphatic hydroxyl groups is 1. The Morgan fingerprint density at radius 1 is 1.14 bits per heavy atom. The third-order valence-corrected chi connectivity index (χ3v) is 15.9. The number of likely N-dealkylation sites (tertiary alicyclic amines) is 1. The van der Waals surface area contributed by atoms with Crippen LogP contribution in [0.15, 0.2) is 58.7 Å². The number of carbonyl (C=O) groups is 2.